The molecule has 0 radical (unpaired) electrons. The number of nitrogens with one attached hydrogen (secondary N) is 1. The van der Waals surface area contributed by atoms with Crippen LogP contribution in [0.2, 0.25) is 0 Å². The quantitative estimate of drug-likeness (QED) is 0.706. The molecule has 1 atom stereocenters. The van der Waals surface area contributed by atoms with Crippen LogP contribution in [0.4, 0.5) is 4.39 Å². The Morgan fingerprint density at radius 3 is 2.54 bits per heavy atom. The summed E-state index contributed by atoms with van der Waals surface area (Å²) in [5, 5.41) is 2.85. The number of rotatable bonds is 4. The number of hydrogen-bond donors (Lipinski definition) is 1. The van der Waals surface area contributed by atoms with E-state index in [2.05, 4.69) is 5.32 Å². The van der Waals surface area contributed by atoms with Gasteiger partial charge in [0.1, 0.15) is 12.1 Å². The molecule has 1 aromatic rings. The van der Waals surface area contributed by atoms with E-state index >= 15 is 0 Å². The van der Waals surface area contributed by atoms with E-state index < -0.39 is 0 Å². The van der Waals surface area contributed by atoms with Gasteiger partial charge in [-0.05, 0) is 31.2 Å². The first-order valence-electron chi connectivity index (χ1n) is 4.13. The number of carbonyl (C=O) groups is 1. The minimum atomic E-state index is -0.254. The summed E-state index contributed by atoms with van der Waals surface area (Å²) in [5.74, 6) is -0.254. The van der Waals surface area contributed by atoms with Crippen LogP contribution in [0, 0.1) is 5.82 Å². The normalized spacial score (nSPS) is 12.5. The number of hydrogen-bond acceptors (Lipinski definition) is 2. The van der Waals surface area contributed by atoms with E-state index in [4.69, 9.17) is 0 Å². The Labute approximate surface area is 76.8 Å². The molecule has 1 aromatic carbocycles. The molecule has 0 aliphatic rings. The van der Waals surface area contributed by atoms with Gasteiger partial charge in [0.25, 0.3) is 0 Å². The molecule has 3 heteroatoms. The van der Waals surface area contributed by atoms with Gasteiger partial charge < -0.3 is 10.1 Å². The predicted octanol–water partition coefficient (Wildman–Crippen LogP) is 1.16. The summed E-state index contributed by atoms with van der Waals surface area (Å²) < 4.78 is 12.5. The van der Waals surface area contributed by atoms with Crippen molar-refractivity contribution in [1.29, 1.82) is 0 Å². The van der Waals surface area contributed by atoms with Gasteiger partial charge in [-0.25, -0.2) is 4.39 Å². The molecular formula is C10H12FNO. The number of halogens is 1. The maximum absolute atomic E-state index is 12.5. The molecule has 0 unspecified atom stereocenters. The molecule has 0 fully saturated rings. The molecule has 1 N–H and O–H groups in total. The van der Waals surface area contributed by atoms with Gasteiger partial charge in [0.15, 0.2) is 0 Å². The third-order valence-corrected chi connectivity index (χ3v) is 1.90. The summed E-state index contributed by atoms with van der Waals surface area (Å²) in [5.41, 5.74) is 0.952. The largest absolute Gasteiger partial charge is 0.311 e. The smallest absolute Gasteiger partial charge is 0.137 e. The standard InChI is InChI=1S/C10H12FNO/c1-12-10(7-13)6-8-2-4-9(11)5-3-8/h2-5,7,10,12H,6H2,1H3/t10-/m1/s1. The lowest BCUT2D eigenvalue weighted by Gasteiger charge is -2.07. The van der Waals surface area contributed by atoms with Crippen LogP contribution in [0.1, 0.15) is 5.56 Å². The Bertz CT molecular complexity index is 271. The van der Waals surface area contributed by atoms with Gasteiger partial charge in [-0.3, -0.25) is 0 Å². The Morgan fingerprint density at radius 2 is 2.08 bits per heavy atom. The lowest BCUT2D eigenvalue weighted by atomic mass is 10.1. The SMILES string of the molecule is CN[C@@H](C=O)Cc1ccc(F)cc1. The Hall–Kier alpha value is -1.22. The van der Waals surface area contributed by atoms with Gasteiger partial charge in [0.05, 0.1) is 6.04 Å². The average molecular weight is 181 g/mol. The highest BCUT2D eigenvalue weighted by atomic mass is 19.1. The lowest BCUT2D eigenvalue weighted by Crippen LogP contribution is -2.28. The maximum atomic E-state index is 12.5. The number of aldehydes is 1. The van der Waals surface area contributed by atoms with Crippen molar-refractivity contribution in [2.45, 2.75) is 12.5 Å². The second kappa shape index (κ2) is 4.72. The molecule has 0 spiro atoms. The van der Waals surface area contributed by atoms with E-state index in [0.717, 1.165) is 11.8 Å². The van der Waals surface area contributed by atoms with Crippen molar-refractivity contribution in [3.05, 3.63) is 35.6 Å². The fraction of sp³-hybridized carbons (Fsp3) is 0.300. The van der Waals surface area contributed by atoms with Crippen LogP contribution in [0.3, 0.4) is 0 Å². The third-order valence-electron chi connectivity index (χ3n) is 1.90. The number of likely N-dealkylation sites (N-methyl/N-ethyl adjacent to an activating group) is 1. The number of carbonyl (C=O) groups excluding carboxylic acids is 1. The van der Waals surface area contributed by atoms with E-state index in [9.17, 15) is 9.18 Å². The first-order valence-corrected chi connectivity index (χ1v) is 4.13. The minimum Gasteiger partial charge on any atom is -0.311 e. The van der Waals surface area contributed by atoms with Crippen molar-refractivity contribution in [3.63, 3.8) is 0 Å². The van der Waals surface area contributed by atoms with Gasteiger partial charge in [0, 0.05) is 0 Å². The molecular weight excluding hydrogens is 169 g/mol. The summed E-state index contributed by atoms with van der Waals surface area (Å²) in [4.78, 5) is 10.5. The highest BCUT2D eigenvalue weighted by Crippen LogP contribution is 2.04. The topological polar surface area (TPSA) is 29.1 Å². The minimum absolute atomic E-state index is 0.189. The molecule has 0 amide bonds. The summed E-state index contributed by atoms with van der Waals surface area (Å²) >= 11 is 0. The summed E-state index contributed by atoms with van der Waals surface area (Å²) in [6, 6.07) is 5.97. The van der Waals surface area contributed by atoms with E-state index in [1.807, 2.05) is 0 Å². The molecule has 70 valence electrons. The van der Waals surface area contributed by atoms with Crippen LogP contribution in [0.15, 0.2) is 24.3 Å². The molecule has 0 aromatic heterocycles. The van der Waals surface area contributed by atoms with Crippen LogP contribution < -0.4 is 5.32 Å². The summed E-state index contributed by atoms with van der Waals surface area (Å²) in [6.07, 6.45) is 1.45. The van der Waals surface area contributed by atoms with E-state index in [1.165, 1.54) is 12.1 Å². The van der Waals surface area contributed by atoms with E-state index in [0.29, 0.717) is 6.42 Å². The van der Waals surface area contributed by atoms with Crippen molar-refractivity contribution in [2.75, 3.05) is 7.05 Å². The van der Waals surface area contributed by atoms with Crippen molar-refractivity contribution >= 4 is 6.29 Å². The third kappa shape index (κ3) is 2.95. The van der Waals surface area contributed by atoms with Gasteiger partial charge in [0.2, 0.25) is 0 Å². The van der Waals surface area contributed by atoms with Gasteiger partial charge >= 0.3 is 0 Å². The molecule has 0 saturated heterocycles. The second-order valence-electron chi connectivity index (χ2n) is 2.86. The molecule has 0 saturated carbocycles. The Kier molecular flexibility index (Phi) is 3.58. The summed E-state index contributed by atoms with van der Waals surface area (Å²) in [7, 11) is 1.72. The van der Waals surface area contributed by atoms with Gasteiger partial charge in [-0.15, -0.1) is 0 Å². The van der Waals surface area contributed by atoms with Crippen molar-refractivity contribution in [2.24, 2.45) is 0 Å². The van der Waals surface area contributed by atoms with E-state index in [1.54, 1.807) is 19.2 Å². The predicted molar refractivity (Wildman–Crippen MR) is 49.0 cm³/mol. The zero-order valence-corrected chi connectivity index (χ0v) is 7.46. The van der Waals surface area contributed by atoms with E-state index in [-0.39, 0.29) is 11.9 Å². The molecule has 1 rings (SSSR count). The van der Waals surface area contributed by atoms with Crippen LogP contribution in [0.5, 0.6) is 0 Å². The van der Waals surface area contributed by atoms with Crippen LogP contribution in [0.25, 0.3) is 0 Å². The highest BCUT2D eigenvalue weighted by molar-refractivity contribution is 5.58. The molecule has 0 bridgehead atoms. The molecule has 0 aliphatic heterocycles. The lowest BCUT2D eigenvalue weighted by molar-refractivity contribution is -0.109. The van der Waals surface area contributed by atoms with Crippen LogP contribution in [-0.4, -0.2) is 19.4 Å². The zero-order chi connectivity index (χ0) is 9.68. The fourth-order valence-corrected chi connectivity index (χ4v) is 1.09. The Balaban J connectivity index is 2.63. The first kappa shape index (κ1) is 9.86. The van der Waals surface area contributed by atoms with Gasteiger partial charge in [-0.1, -0.05) is 12.1 Å². The van der Waals surface area contributed by atoms with Crippen molar-refractivity contribution < 1.29 is 9.18 Å². The molecule has 0 aliphatic carbocycles. The molecule has 0 heterocycles. The zero-order valence-electron chi connectivity index (χ0n) is 7.46. The Morgan fingerprint density at radius 1 is 1.46 bits per heavy atom. The van der Waals surface area contributed by atoms with Crippen molar-refractivity contribution in [3.8, 4) is 0 Å². The summed E-state index contributed by atoms with van der Waals surface area (Å²) in [6.45, 7) is 0. The average Bonchev–Trinajstić information content (AvgIpc) is 2.17. The first-order chi connectivity index (χ1) is 6.26. The monoisotopic (exact) mass is 181 g/mol. The fourth-order valence-electron chi connectivity index (χ4n) is 1.09. The highest BCUT2D eigenvalue weighted by Gasteiger charge is 2.04. The second-order valence-corrected chi connectivity index (χ2v) is 2.86. The van der Waals surface area contributed by atoms with Crippen LogP contribution >= 0.6 is 0 Å². The molecule has 2 nitrogen and oxygen atoms in total. The number of benzene rings is 1. The van der Waals surface area contributed by atoms with Crippen molar-refractivity contribution in [1.82, 2.24) is 5.32 Å². The molecule has 13 heavy (non-hydrogen) atoms. The maximum Gasteiger partial charge on any atom is 0.137 e. The van der Waals surface area contributed by atoms with Gasteiger partial charge in [-0.2, -0.15) is 0 Å². The van der Waals surface area contributed by atoms with Crippen LogP contribution in [-0.2, 0) is 11.2 Å².